The summed E-state index contributed by atoms with van der Waals surface area (Å²) in [7, 11) is 0. The van der Waals surface area contributed by atoms with Crippen molar-refractivity contribution in [3.8, 4) is 0 Å². The van der Waals surface area contributed by atoms with Crippen molar-refractivity contribution in [3.63, 3.8) is 0 Å². The van der Waals surface area contributed by atoms with Gasteiger partial charge in [0.2, 0.25) is 0 Å². The number of amides is 1. The monoisotopic (exact) mass is 325 g/mol. The molecule has 0 aromatic carbocycles. The van der Waals surface area contributed by atoms with Crippen LogP contribution in [0.3, 0.4) is 0 Å². The van der Waals surface area contributed by atoms with Gasteiger partial charge in [-0.15, -0.1) is 0 Å². The highest BCUT2D eigenvalue weighted by Gasteiger charge is 2.17. The topological polar surface area (TPSA) is 45.2 Å². The molecule has 1 saturated heterocycles. The third-order valence-electron chi connectivity index (χ3n) is 3.56. The molecule has 19 heavy (non-hydrogen) atoms. The fraction of sp³-hybridized carbons (Fsp3) is 0.571. The van der Waals surface area contributed by atoms with Crippen molar-refractivity contribution in [2.24, 2.45) is 0 Å². The predicted octanol–water partition coefficient (Wildman–Crippen LogP) is 2.45. The lowest BCUT2D eigenvalue weighted by Crippen LogP contribution is -2.44. The lowest BCUT2D eigenvalue weighted by Gasteiger charge is -2.32. The van der Waals surface area contributed by atoms with Crippen LogP contribution in [0.25, 0.3) is 0 Å². The number of carbonyl (C=O) groups excluding carboxylic acids is 1. The molecule has 1 aliphatic heterocycles. The van der Waals surface area contributed by atoms with Crippen molar-refractivity contribution in [2.45, 2.75) is 32.2 Å². The van der Waals surface area contributed by atoms with Crippen LogP contribution in [0.4, 0.5) is 0 Å². The van der Waals surface area contributed by atoms with Gasteiger partial charge in [-0.3, -0.25) is 9.69 Å². The summed E-state index contributed by atoms with van der Waals surface area (Å²) in [5.41, 5.74) is 0.646. The number of hydrogen-bond donors (Lipinski definition) is 1. The number of hydrogen-bond acceptors (Lipinski definition) is 3. The predicted molar refractivity (Wildman–Crippen MR) is 79.2 cm³/mol. The zero-order valence-corrected chi connectivity index (χ0v) is 12.8. The van der Waals surface area contributed by atoms with E-state index in [1.165, 1.54) is 19.3 Å². The number of nitrogens with zero attached hydrogens (tertiary/aromatic N) is 2. The van der Waals surface area contributed by atoms with E-state index in [2.05, 4.69) is 38.1 Å². The molecular formula is C14H20BrN3O. The van der Waals surface area contributed by atoms with Crippen LogP contribution in [0.1, 0.15) is 36.5 Å². The van der Waals surface area contributed by atoms with E-state index in [-0.39, 0.29) is 5.91 Å². The minimum atomic E-state index is -0.0352. The van der Waals surface area contributed by atoms with Gasteiger partial charge in [0.15, 0.2) is 0 Å². The Hall–Kier alpha value is -0.940. The molecule has 1 aliphatic rings. The first-order valence-electron chi connectivity index (χ1n) is 6.80. The van der Waals surface area contributed by atoms with Gasteiger partial charge in [-0.1, -0.05) is 6.42 Å². The molecule has 0 aliphatic carbocycles. The highest BCUT2D eigenvalue weighted by atomic mass is 79.9. The SMILES string of the molecule is CC(CNC(=O)c1ccnc(Br)c1)N1CCCCC1. The van der Waals surface area contributed by atoms with Crippen LogP contribution in [0.5, 0.6) is 0 Å². The Kier molecular flexibility index (Phi) is 5.34. The summed E-state index contributed by atoms with van der Waals surface area (Å²) < 4.78 is 0.684. The van der Waals surface area contributed by atoms with Crippen molar-refractivity contribution in [3.05, 3.63) is 28.5 Å². The van der Waals surface area contributed by atoms with Crippen molar-refractivity contribution >= 4 is 21.8 Å². The number of aromatic nitrogens is 1. The average Bonchev–Trinajstić information content (AvgIpc) is 2.45. The molecule has 0 radical (unpaired) electrons. The third kappa shape index (κ3) is 4.28. The molecule has 0 bridgehead atoms. The van der Waals surface area contributed by atoms with Gasteiger partial charge in [0.25, 0.3) is 5.91 Å². The maximum absolute atomic E-state index is 12.0. The number of rotatable bonds is 4. The quantitative estimate of drug-likeness (QED) is 0.865. The number of pyridine rings is 1. The van der Waals surface area contributed by atoms with Crippen LogP contribution in [-0.2, 0) is 0 Å². The lowest BCUT2D eigenvalue weighted by molar-refractivity contribution is 0.0930. The summed E-state index contributed by atoms with van der Waals surface area (Å²) in [6, 6.07) is 3.86. The van der Waals surface area contributed by atoms with Gasteiger partial charge in [0.05, 0.1) is 0 Å². The molecule has 1 aromatic heterocycles. The first-order valence-corrected chi connectivity index (χ1v) is 7.60. The molecule has 0 saturated carbocycles. The Bertz CT molecular complexity index is 432. The van der Waals surface area contributed by atoms with Crippen molar-refractivity contribution in [2.75, 3.05) is 19.6 Å². The number of piperidine rings is 1. The second kappa shape index (κ2) is 7.01. The highest BCUT2D eigenvalue weighted by Crippen LogP contribution is 2.12. The van der Waals surface area contributed by atoms with E-state index in [9.17, 15) is 4.79 Å². The van der Waals surface area contributed by atoms with E-state index in [1.807, 2.05) is 0 Å². The van der Waals surface area contributed by atoms with Gasteiger partial charge < -0.3 is 5.32 Å². The lowest BCUT2D eigenvalue weighted by atomic mass is 10.1. The van der Waals surface area contributed by atoms with Gasteiger partial charge in [0, 0.05) is 24.3 Å². The zero-order valence-electron chi connectivity index (χ0n) is 11.2. The molecule has 2 rings (SSSR count). The third-order valence-corrected chi connectivity index (χ3v) is 3.99. The Balaban J connectivity index is 1.82. The van der Waals surface area contributed by atoms with Crippen LogP contribution in [0, 0.1) is 0 Å². The smallest absolute Gasteiger partial charge is 0.251 e. The fourth-order valence-electron chi connectivity index (χ4n) is 2.37. The van der Waals surface area contributed by atoms with Gasteiger partial charge >= 0.3 is 0 Å². The van der Waals surface area contributed by atoms with E-state index in [4.69, 9.17) is 0 Å². The first kappa shape index (κ1) is 14.5. The highest BCUT2D eigenvalue weighted by molar-refractivity contribution is 9.10. The molecule has 104 valence electrons. The second-order valence-electron chi connectivity index (χ2n) is 5.02. The number of nitrogens with one attached hydrogen (secondary N) is 1. The number of halogens is 1. The summed E-state index contributed by atoms with van der Waals surface area (Å²) in [6.45, 7) is 5.17. The minimum absolute atomic E-state index is 0.0352. The Morgan fingerprint density at radius 3 is 2.89 bits per heavy atom. The first-order chi connectivity index (χ1) is 9.16. The van der Waals surface area contributed by atoms with Gasteiger partial charge in [0.1, 0.15) is 4.60 Å². The van der Waals surface area contributed by atoms with E-state index in [1.54, 1.807) is 18.3 Å². The van der Waals surface area contributed by atoms with Gasteiger partial charge in [-0.2, -0.15) is 0 Å². The maximum Gasteiger partial charge on any atom is 0.251 e. The van der Waals surface area contributed by atoms with E-state index in [0.29, 0.717) is 22.8 Å². The number of likely N-dealkylation sites (tertiary alicyclic amines) is 1. The van der Waals surface area contributed by atoms with Gasteiger partial charge in [-0.25, -0.2) is 4.98 Å². The Morgan fingerprint density at radius 1 is 1.47 bits per heavy atom. The molecule has 4 nitrogen and oxygen atoms in total. The molecule has 5 heteroatoms. The van der Waals surface area contributed by atoms with Crippen molar-refractivity contribution in [1.29, 1.82) is 0 Å². The van der Waals surface area contributed by atoms with E-state index in [0.717, 1.165) is 13.1 Å². The van der Waals surface area contributed by atoms with Crippen LogP contribution >= 0.6 is 15.9 Å². The number of carbonyl (C=O) groups is 1. The molecule has 0 spiro atoms. The Labute approximate surface area is 122 Å². The minimum Gasteiger partial charge on any atom is -0.350 e. The molecule has 1 unspecified atom stereocenters. The standard InChI is InChI=1S/C14H20BrN3O/c1-11(18-7-3-2-4-8-18)10-17-14(19)12-5-6-16-13(15)9-12/h5-6,9,11H,2-4,7-8,10H2,1H3,(H,17,19). The second-order valence-corrected chi connectivity index (χ2v) is 5.84. The van der Waals surface area contributed by atoms with E-state index >= 15 is 0 Å². The molecule has 1 atom stereocenters. The summed E-state index contributed by atoms with van der Waals surface area (Å²) in [5, 5.41) is 2.99. The molecule has 2 heterocycles. The largest absolute Gasteiger partial charge is 0.350 e. The molecule has 1 amide bonds. The van der Waals surface area contributed by atoms with E-state index < -0.39 is 0 Å². The van der Waals surface area contributed by atoms with Crippen LogP contribution in [0.15, 0.2) is 22.9 Å². The molecular weight excluding hydrogens is 306 g/mol. The normalized spacial score (nSPS) is 18.0. The molecule has 1 fully saturated rings. The van der Waals surface area contributed by atoms with Crippen LogP contribution < -0.4 is 5.32 Å². The average molecular weight is 326 g/mol. The van der Waals surface area contributed by atoms with Crippen LogP contribution in [0.2, 0.25) is 0 Å². The summed E-state index contributed by atoms with van der Waals surface area (Å²) in [6.07, 6.45) is 5.51. The summed E-state index contributed by atoms with van der Waals surface area (Å²) in [4.78, 5) is 18.5. The van der Waals surface area contributed by atoms with Crippen LogP contribution in [-0.4, -0.2) is 41.5 Å². The summed E-state index contributed by atoms with van der Waals surface area (Å²) in [5.74, 6) is -0.0352. The molecule has 1 N–H and O–H groups in total. The van der Waals surface area contributed by atoms with Crippen molar-refractivity contribution in [1.82, 2.24) is 15.2 Å². The Morgan fingerprint density at radius 2 is 2.21 bits per heavy atom. The van der Waals surface area contributed by atoms with Gasteiger partial charge in [-0.05, 0) is 60.9 Å². The summed E-state index contributed by atoms with van der Waals surface area (Å²) >= 11 is 3.27. The maximum atomic E-state index is 12.0. The van der Waals surface area contributed by atoms with Crippen molar-refractivity contribution < 1.29 is 4.79 Å². The fourth-order valence-corrected chi connectivity index (χ4v) is 2.74. The molecule has 1 aromatic rings. The zero-order chi connectivity index (χ0) is 13.7.